The van der Waals surface area contributed by atoms with E-state index in [0.717, 1.165) is 27.6 Å². The van der Waals surface area contributed by atoms with Gasteiger partial charge in [-0.05, 0) is 40.1 Å². The van der Waals surface area contributed by atoms with Crippen LogP contribution in [0.15, 0.2) is 60.1 Å². The van der Waals surface area contributed by atoms with Gasteiger partial charge in [-0.2, -0.15) is 0 Å². The Morgan fingerprint density at radius 1 is 1.17 bits per heavy atom. The number of fused-ring (bicyclic) bond motifs is 3. The molecule has 0 saturated heterocycles. The van der Waals surface area contributed by atoms with E-state index < -0.39 is 0 Å². The average Bonchev–Trinajstić information content (AvgIpc) is 2.75. The number of anilines is 1. The maximum Gasteiger partial charge on any atom is 0.228 e. The predicted octanol–water partition coefficient (Wildman–Crippen LogP) is 5.18. The Kier molecular flexibility index (Phi) is 5.31. The maximum absolute atomic E-state index is 13.1. The first-order valence-electron chi connectivity index (χ1n) is 9.54. The molecule has 0 aliphatic carbocycles. The van der Waals surface area contributed by atoms with Crippen molar-refractivity contribution >= 4 is 34.0 Å². The highest BCUT2D eigenvalue weighted by atomic mass is 35.5. The summed E-state index contributed by atoms with van der Waals surface area (Å²) in [6, 6.07) is 15.6. The molecule has 1 amide bonds. The third-order valence-corrected chi connectivity index (χ3v) is 5.62. The molecule has 0 fully saturated rings. The van der Waals surface area contributed by atoms with Crippen molar-refractivity contribution < 1.29 is 19.4 Å². The van der Waals surface area contributed by atoms with Crippen LogP contribution in [0.5, 0.6) is 17.2 Å². The molecular weight excluding hydrogens is 402 g/mol. The normalized spacial score (nSPS) is 15.8. The van der Waals surface area contributed by atoms with Gasteiger partial charge in [0.25, 0.3) is 0 Å². The van der Waals surface area contributed by atoms with E-state index in [0.29, 0.717) is 16.5 Å². The molecular formula is C24H22ClNO4. The Morgan fingerprint density at radius 2 is 1.83 bits per heavy atom. The summed E-state index contributed by atoms with van der Waals surface area (Å²) in [5, 5.41) is 12.9. The van der Waals surface area contributed by atoms with Crippen LogP contribution < -0.4 is 14.4 Å². The zero-order chi connectivity index (χ0) is 21.4. The first-order chi connectivity index (χ1) is 14.4. The van der Waals surface area contributed by atoms with Gasteiger partial charge in [0.1, 0.15) is 0 Å². The van der Waals surface area contributed by atoms with Gasteiger partial charge in [-0.3, -0.25) is 4.79 Å². The second kappa shape index (κ2) is 7.92. The molecule has 6 heteroatoms. The quantitative estimate of drug-likeness (QED) is 0.614. The van der Waals surface area contributed by atoms with E-state index in [9.17, 15) is 9.90 Å². The predicted molar refractivity (Wildman–Crippen MR) is 119 cm³/mol. The molecule has 1 N–H and O–H groups in total. The summed E-state index contributed by atoms with van der Waals surface area (Å²) in [5.41, 5.74) is 2.67. The van der Waals surface area contributed by atoms with E-state index in [1.54, 1.807) is 17.0 Å². The zero-order valence-corrected chi connectivity index (χ0v) is 17.6. The number of amides is 1. The van der Waals surface area contributed by atoms with Crippen LogP contribution in [-0.4, -0.2) is 31.8 Å². The molecule has 3 aromatic carbocycles. The van der Waals surface area contributed by atoms with Crippen LogP contribution in [0.1, 0.15) is 23.5 Å². The number of carbonyl (C=O) groups is 1. The van der Waals surface area contributed by atoms with Crippen LogP contribution >= 0.6 is 11.6 Å². The topological polar surface area (TPSA) is 59.0 Å². The van der Waals surface area contributed by atoms with E-state index in [1.165, 1.54) is 14.2 Å². The van der Waals surface area contributed by atoms with Gasteiger partial charge < -0.3 is 19.5 Å². The maximum atomic E-state index is 13.1. The fourth-order valence-corrected chi connectivity index (χ4v) is 4.27. The van der Waals surface area contributed by atoms with Crippen molar-refractivity contribution in [3.05, 3.63) is 71.3 Å². The van der Waals surface area contributed by atoms with E-state index in [-0.39, 0.29) is 30.5 Å². The van der Waals surface area contributed by atoms with Crippen molar-refractivity contribution in [2.75, 3.05) is 25.7 Å². The number of methoxy groups -OCH3 is 2. The molecule has 154 valence electrons. The number of rotatable bonds is 5. The Morgan fingerprint density at radius 3 is 2.47 bits per heavy atom. The number of hydrogen-bond acceptors (Lipinski definition) is 4. The van der Waals surface area contributed by atoms with Crippen molar-refractivity contribution in [2.45, 2.75) is 12.3 Å². The molecule has 5 nitrogen and oxygen atoms in total. The minimum absolute atomic E-state index is 0.0458. The Bertz CT molecular complexity index is 1130. The van der Waals surface area contributed by atoms with Crippen molar-refractivity contribution in [2.24, 2.45) is 0 Å². The van der Waals surface area contributed by atoms with Crippen LogP contribution in [0, 0.1) is 0 Å². The van der Waals surface area contributed by atoms with Crippen molar-refractivity contribution in [1.82, 2.24) is 0 Å². The molecule has 1 atom stereocenters. The van der Waals surface area contributed by atoms with Gasteiger partial charge in [-0.1, -0.05) is 48.5 Å². The molecule has 3 aromatic rings. The number of carbonyl (C=O) groups excluding carboxylic acids is 1. The van der Waals surface area contributed by atoms with Crippen LogP contribution in [0.2, 0.25) is 0 Å². The van der Waals surface area contributed by atoms with E-state index in [2.05, 4.69) is 12.6 Å². The highest BCUT2D eigenvalue weighted by Crippen LogP contribution is 2.47. The summed E-state index contributed by atoms with van der Waals surface area (Å²) in [5.74, 6) is 0.256. The number of benzene rings is 3. The highest BCUT2D eigenvalue weighted by molar-refractivity contribution is 6.30. The second-order valence-corrected chi connectivity index (χ2v) is 7.78. The van der Waals surface area contributed by atoms with Gasteiger partial charge in [-0.25, -0.2) is 0 Å². The number of phenolic OH excluding ortho intramolecular Hbond substituents is 1. The van der Waals surface area contributed by atoms with Crippen LogP contribution in [0.4, 0.5) is 5.69 Å². The van der Waals surface area contributed by atoms with Crippen LogP contribution in [0.25, 0.3) is 10.8 Å². The van der Waals surface area contributed by atoms with Crippen LogP contribution in [-0.2, 0) is 4.79 Å². The van der Waals surface area contributed by atoms with Gasteiger partial charge in [-0.15, -0.1) is 0 Å². The fourth-order valence-electron chi connectivity index (χ4n) is 4.15. The molecule has 1 unspecified atom stereocenters. The molecule has 30 heavy (non-hydrogen) atoms. The monoisotopic (exact) mass is 423 g/mol. The first kappa shape index (κ1) is 20.1. The van der Waals surface area contributed by atoms with Crippen LogP contribution in [0.3, 0.4) is 0 Å². The molecule has 1 aliphatic rings. The third kappa shape index (κ3) is 3.35. The third-order valence-electron chi connectivity index (χ3n) is 5.50. The SMILES string of the molecule is C=C(Cl)CN1C(=O)CC(c2cc(OC)c(O)c(OC)c2)c2c1ccc1ccccc21. The molecule has 0 bridgehead atoms. The lowest BCUT2D eigenvalue weighted by Gasteiger charge is -2.35. The molecule has 0 saturated carbocycles. The standard InChI is InChI=1S/C24H22ClNO4/c1-14(25)13-26-19-9-8-15-6-4-5-7-17(15)23(19)18(12-22(26)27)16-10-20(29-2)24(28)21(11-16)30-3/h4-11,18,28H,1,12-13H2,2-3H3. The highest BCUT2D eigenvalue weighted by Gasteiger charge is 2.34. The molecule has 0 spiro atoms. The Hall–Kier alpha value is -3.18. The molecule has 0 aromatic heterocycles. The molecule has 4 rings (SSSR count). The average molecular weight is 424 g/mol. The zero-order valence-electron chi connectivity index (χ0n) is 16.8. The number of phenols is 1. The summed E-state index contributed by atoms with van der Waals surface area (Å²) >= 11 is 6.06. The minimum Gasteiger partial charge on any atom is -0.502 e. The van der Waals surface area contributed by atoms with Gasteiger partial charge >= 0.3 is 0 Å². The van der Waals surface area contributed by atoms with Gasteiger partial charge in [0, 0.05) is 23.1 Å². The van der Waals surface area contributed by atoms with Crippen molar-refractivity contribution in [1.29, 1.82) is 0 Å². The second-order valence-electron chi connectivity index (χ2n) is 7.25. The van der Waals surface area contributed by atoms with Crippen molar-refractivity contribution in [3.63, 3.8) is 0 Å². The van der Waals surface area contributed by atoms with Gasteiger partial charge in [0.2, 0.25) is 11.7 Å². The first-order valence-corrected chi connectivity index (χ1v) is 9.92. The number of ether oxygens (including phenoxy) is 2. The van der Waals surface area contributed by atoms with Gasteiger partial charge in [0.15, 0.2) is 11.5 Å². The van der Waals surface area contributed by atoms with Gasteiger partial charge in [0.05, 0.1) is 20.8 Å². The van der Waals surface area contributed by atoms with Crippen molar-refractivity contribution in [3.8, 4) is 17.2 Å². The summed E-state index contributed by atoms with van der Waals surface area (Å²) in [6.07, 6.45) is 0.252. The summed E-state index contributed by atoms with van der Waals surface area (Å²) < 4.78 is 10.7. The fraction of sp³-hybridized carbons (Fsp3) is 0.208. The molecule has 1 aliphatic heterocycles. The summed E-state index contributed by atoms with van der Waals surface area (Å²) in [7, 11) is 2.98. The van der Waals surface area contributed by atoms with E-state index >= 15 is 0 Å². The smallest absolute Gasteiger partial charge is 0.228 e. The summed E-state index contributed by atoms with van der Waals surface area (Å²) in [4.78, 5) is 14.8. The van der Waals surface area contributed by atoms with E-state index in [4.69, 9.17) is 21.1 Å². The lowest BCUT2D eigenvalue weighted by atomic mass is 9.81. The largest absolute Gasteiger partial charge is 0.502 e. The molecule has 0 radical (unpaired) electrons. The Labute approximate surface area is 180 Å². The number of aromatic hydroxyl groups is 1. The Balaban J connectivity index is 1.98. The lowest BCUT2D eigenvalue weighted by Crippen LogP contribution is -2.37. The lowest BCUT2D eigenvalue weighted by molar-refractivity contribution is -0.119. The number of nitrogens with zero attached hydrogens (tertiary/aromatic N) is 1. The minimum atomic E-state index is -0.234. The van der Waals surface area contributed by atoms with E-state index in [1.807, 2.05) is 30.3 Å². The number of hydrogen-bond donors (Lipinski definition) is 1. The summed E-state index contributed by atoms with van der Waals surface area (Å²) in [6.45, 7) is 4.01. The molecule has 1 heterocycles. The number of halogens is 1.